The van der Waals surface area contributed by atoms with Crippen molar-refractivity contribution in [2.45, 2.75) is 6.92 Å². The average Bonchev–Trinajstić information content (AvgIpc) is 3.02. The van der Waals surface area contributed by atoms with Crippen molar-refractivity contribution < 1.29 is 9.32 Å². The van der Waals surface area contributed by atoms with Crippen LogP contribution in [0.5, 0.6) is 0 Å². The minimum absolute atomic E-state index is 0.107. The predicted octanol–water partition coefficient (Wildman–Crippen LogP) is 1.88. The van der Waals surface area contributed by atoms with Gasteiger partial charge in [-0.05, 0) is 13.0 Å². The van der Waals surface area contributed by atoms with Gasteiger partial charge in [-0.1, -0.05) is 5.16 Å². The zero-order valence-corrected chi connectivity index (χ0v) is 12.2. The Morgan fingerprint density at radius 2 is 2.23 bits per heavy atom. The third-order valence-electron chi connectivity index (χ3n) is 2.95. The molecule has 8 nitrogen and oxygen atoms in total. The van der Waals surface area contributed by atoms with Crippen molar-refractivity contribution in [1.29, 1.82) is 5.26 Å². The summed E-state index contributed by atoms with van der Waals surface area (Å²) in [6.45, 7) is 1.71. The highest BCUT2D eigenvalue weighted by Crippen LogP contribution is 2.34. The van der Waals surface area contributed by atoms with Gasteiger partial charge < -0.3 is 21.3 Å². The highest BCUT2D eigenvalue weighted by atomic mass is 32.1. The summed E-state index contributed by atoms with van der Waals surface area (Å²) in [5, 5.41) is 15.8. The molecule has 3 aromatic rings. The molecular formula is C13H10N6O2S. The molecule has 0 spiro atoms. The van der Waals surface area contributed by atoms with Crippen LogP contribution in [0.15, 0.2) is 16.7 Å². The molecule has 9 heteroatoms. The topological polar surface area (TPSA) is 144 Å². The summed E-state index contributed by atoms with van der Waals surface area (Å²) in [5.74, 6) is 0.554. The molecule has 0 unspecified atom stereocenters. The van der Waals surface area contributed by atoms with Crippen molar-refractivity contribution in [3.05, 3.63) is 28.3 Å². The molecule has 0 aliphatic heterocycles. The molecule has 0 saturated carbocycles. The number of thiophene rings is 1. The minimum atomic E-state index is -0.425. The lowest BCUT2D eigenvalue weighted by Crippen LogP contribution is -2.12. The van der Waals surface area contributed by atoms with Crippen molar-refractivity contribution in [3.8, 4) is 6.07 Å². The average molecular weight is 314 g/mol. The standard InChI is InChI=1S/C13H10N6O2S/c1-5-2-8(19-21-5)17-12(20)10-9(15)7-3-6(4-14)11(16)18-13(7)22-10/h2-3H,15H2,1H3,(H2,16,18)(H,17,19,20). The Morgan fingerprint density at radius 3 is 2.86 bits per heavy atom. The van der Waals surface area contributed by atoms with Crippen molar-refractivity contribution in [2.75, 3.05) is 16.8 Å². The fourth-order valence-corrected chi connectivity index (χ4v) is 2.89. The number of anilines is 3. The van der Waals surface area contributed by atoms with Gasteiger partial charge in [-0.3, -0.25) is 4.79 Å². The van der Waals surface area contributed by atoms with Crippen molar-refractivity contribution in [1.82, 2.24) is 10.1 Å². The van der Waals surface area contributed by atoms with E-state index in [9.17, 15) is 4.79 Å². The van der Waals surface area contributed by atoms with E-state index >= 15 is 0 Å². The smallest absolute Gasteiger partial charge is 0.269 e. The lowest BCUT2D eigenvalue weighted by atomic mass is 10.2. The second-order valence-electron chi connectivity index (χ2n) is 4.51. The number of amides is 1. The van der Waals surface area contributed by atoms with Gasteiger partial charge in [-0.15, -0.1) is 11.3 Å². The molecule has 0 atom stereocenters. The van der Waals surface area contributed by atoms with E-state index < -0.39 is 5.91 Å². The zero-order chi connectivity index (χ0) is 15.9. The lowest BCUT2D eigenvalue weighted by Gasteiger charge is -1.99. The first-order valence-corrected chi connectivity index (χ1v) is 6.94. The summed E-state index contributed by atoms with van der Waals surface area (Å²) in [7, 11) is 0. The van der Waals surface area contributed by atoms with E-state index in [-0.39, 0.29) is 21.9 Å². The SMILES string of the molecule is Cc1cc(NC(=O)c2sc3nc(N)c(C#N)cc3c2N)no1. The Bertz CT molecular complexity index is 936. The number of nitrogens with two attached hydrogens (primary N) is 2. The lowest BCUT2D eigenvalue weighted by molar-refractivity contribution is 0.103. The zero-order valence-electron chi connectivity index (χ0n) is 11.4. The van der Waals surface area contributed by atoms with Gasteiger partial charge in [-0.2, -0.15) is 5.26 Å². The van der Waals surface area contributed by atoms with E-state index in [1.54, 1.807) is 13.0 Å². The number of nitrogens with zero attached hydrogens (tertiary/aromatic N) is 3. The van der Waals surface area contributed by atoms with Crippen LogP contribution in [-0.4, -0.2) is 16.0 Å². The molecule has 1 amide bonds. The third kappa shape index (κ3) is 2.21. The summed E-state index contributed by atoms with van der Waals surface area (Å²) in [6.07, 6.45) is 0. The van der Waals surface area contributed by atoms with Crippen LogP contribution in [0.2, 0.25) is 0 Å². The van der Waals surface area contributed by atoms with Crippen LogP contribution in [0.3, 0.4) is 0 Å². The number of hydrogen-bond acceptors (Lipinski definition) is 8. The molecule has 22 heavy (non-hydrogen) atoms. The minimum Gasteiger partial charge on any atom is -0.397 e. The number of rotatable bonds is 2. The molecule has 3 heterocycles. The highest BCUT2D eigenvalue weighted by molar-refractivity contribution is 7.21. The Hall–Kier alpha value is -3.12. The number of nitrogens with one attached hydrogen (secondary N) is 1. The second-order valence-corrected chi connectivity index (χ2v) is 5.51. The third-order valence-corrected chi connectivity index (χ3v) is 4.06. The maximum Gasteiger partial charge on any atom is 0.269 e. The maximum atomic E-state index is 12.3. The Labute approximate surface area is 128 Å². The van der Waals surface area contributed by atoms with Crippen molar-refractivity contribution in [3.63, 3.8) is 0 Å². The number of fused-ring (bicyclic) bond motifs is 1. The number of aryl methyl sites for hydroxylation is 1. The fraction of sp³-hybridized carbons (Fsp3) is 0.0769. The second kappa shape index (κ2) is 5.01. The maximum absolute atomic E-state index is 12.3. The monoisotopic (exact) mass is 314 g/mol. The summed E-state index contributed by atoms with van der Waals surface area (Å²) in [5.41, 5.74) is 12.1. The summed E-state index contributed by atoms with van der Waals surface area (Å²) in [4.78, 5) is 17.1. The number of carbonyl (C=O) groups excluding carboxylic acids is 1. The van der Waals surface area contributed by atoms with Crippen molar-refractivity contribution >= 4 is 44.8 Å². The highest BCUT2D eigenvalue weighted by Gasteiger charge is 2.19. The predicted molar refractivity (Wildman–Crippen MR) is 82.4 cm³/mol. The summed E-state index contributed by atoms with van der Waals surface area (Å²) >= 11 is 1.10. The molecular weight excluding hydrogens is 304 g/mol. The number of carbonyl (C=O) groups is 1. The number of nitriles is 1. The van der Waals surface area contributed by atoms with Gasteiger partial charge in [-0.25, -0.2) is 4.98 Å². The first kappa shape index (κ1) is 13.8. The quantitative estimate of drug-likeness (QED) is 0.655. The molecule has 0 aliphatic carbocycles. The van der Waals surface area contributed by atoms with Crippen molar-refractivity contribution in [2.24, 2.45) is 0 Å². The van der Waals surface area contributed by atoms with E-state index in [1.165, 1.54) is 6.07 Å². The molecule has 0 aromatic carbocycles. The number of nitrogen functional groups attached to an aromatic ring is 2. The van der Waals surface area contributed by atoms with E-state index in [0.29, 0.717) is 21.8 Å². The first-order valence-electron chi connectivity index (χ1n) is 6.13. The van der Waals surface area contributed by atoms with Crippen LogP contribution in [0.1, 0.15) is 21.0 Å². The summed E-state index contributed by atoms with van der Waals surface area (Å²) in [6, 6.07) is 5.05. The van der Waals surface area contributed by atoms with Gasteiger partial charge in [0.05, 0.1) is 11.3 Å². The van der Waals surface area contributed by atoms with E-state index in [2.05, 4.69) is 15.5 Å². The number of hydrogen-bond donors (Lipinski definition) is 3. The molecule has 3 rings (SSSR count). The van der Waals surface area contributed by atoms with Crippen LogP contribution >= 0.6 is 11.3 Å². The van der Waals surface area contributed by atoms with E-state index in [4.69, 9.17) is 21.3 Å². The molecule has 0 aliphatic rings. The van der Waals surface area contributed by atoms with Gasteiger partial charge >= 0.3 is 0 Å². The van der Waals surface area contributed by atoms with Crippen LogP contribution in [0, 0.1) is 18.3 Å². The van der Waals surface area contributed by atoms with Crippen LogP contribution in [-0.2, 0) is 0 Å². The number of pyridine rings is 1. The van der Waals surface area contributed by atoms with Gasteiger partial charge in [0.1, 0.15) is 27.4 Å². The number of aromatic nitrogens is 2. The van der Waals surface area contributed by atoms with Gasteiger partial charge in [0.15, 0.2) is 5.82 Å². The Kier molecular flexibility index (Phi) is 3.15. The van der Waals surface area contributed by atoms with E-state index in [1.807, 2.05) is 6.07 Å². The van der Waals surface area contributed by atoms with Crippen LogP contribution < -0.4 is 16.8 Å². The van der Waals surface area contributed by atoms with E-state index in [0.717, 1.165) is 11.3 Å². The van der Waals surface area contributed by atoms with Crippen LogP contribution in [0.25, 0.3) is 10.2 Å². The Balaban J connectivity index is 2.02. The van der Waals surface area contributed by atoms with Gasteiger partial charge in [0, 0.05) is 11.5 Å². The largest absolute Gasteiger partial charge is 0.397 e. The molecule has 0 bridgehead atoms. The van der Waals surface area contributed by atoms with Crippen LogP contribution in [0.4, 0.5) is 17.3 Å². The molecule has 3 aromatic heterocycles. The normalized spacial score (nSPS) is 10.5. The molecule has 5 N–H and O–H groups in total. The van der Waals surface area contributed by atoms with Gasteiger partial charge in [0.2, 0.25) is 0 Å². The Morgan fingerprint density at radius 1 is 1.45 bits per heavy atom. The fourth-order valence-electron chi connectivity index (χ4n) is 1.91. The first-order chi connectivity index (χ1) is 10.5. The molecule has 0 saturated heterocycles. The molecule has 0 radical (unpaired) electrons. The summed E-state index contributed by atoms with van der Waals surface area (Å²) < 4.78 is 4.88. The molecule has 0 fully saturated rings. The molecule has 110 valence electrons. The van der Waals surface area contributed by atoms with Gasteiger partial charge in [0.25, 0.3) is 5.91 Å².